The summed E-state index contributed by atoms with van der Waals surface area (Å²) in [4.78, 5) is 15.1. The van der Waals surface area contributed by atoms with Crippen LogP contribution in [0.3, 0.4) is 0 Å². The van der Waals surface area contributed by atoms with Gasteiger partial charge in [-0.3, -0.25) is 9.36 Å². The number of aryl methyl sites for hydroxylation is 1. The van der Waals surface area contributed by atoms with E-state index in [1.807, 2.05) is 35.0 Å². The maximum absolute atomic E-state index is 10.5. The fourth-order valence-electron chi connectivity index (χ4n) is 3.30. The van der Waals surface area contributed by atoms with Gasteiger partial charge in [-0.2, -0.15) is 0 Å². The molecule has 30 heavy (non-hydrogen) atoms. The van der Waals surface area contributed by atoms with Crippen molar-refractivity contribution in [3.05, 3.63) is 65.3 Å². The highest BCUT2D eigenvalue weighted by atomic mass is 35.5. The molecule has 1 aromatic heterocycles. The second-order valence-corrected chi connectivity index (χ2v) is 7.80. The Bertz CT molecular complexity index is 967. The third-order valence-electron chi connectivity index (χ3n) is 4.91. The molecule has 1 heterocycles. The predicted octanol–water partition coefficient (Wildman–Crippen LogP) is 6.31. The van der Waals surface area contributed by atoms with Gasteiger partial charge in [0.2, 0.25) is 0 Å². The lowest BCUT2D eigenvalue weighted by Gasteiger charge is -2.13. The number of nitrogens with zero attached hydrogens (tertiary/aromatic N) is 2. The molecule has 0 aliphatic rings. The summed E-state index contributed by atoms with van der Waals surface area (Å²) in [5, 5.41) is 9.35. The van der Waals surface area contributed by atoms with Gasteiger partial charge in [-0.15, -0.1) is 0 Å². The Morgan fingerprint density at radius 1 is 1.07 bits per heavy atom. The molecule has 5 nitrogen and oxygen atoms in total. The standard InChI is InChI=1S/C24H27ClN2O3/c1-18-11-13-21(14-12-18)27-22(19-8-7-9-20(25)16-19)17-26-24(27)30-15-6-4-2-3-5-10-23(28)29/h7-9,11-14,16-17H,2-6,10,15H2,1H3,(H,28,29). The average molecular weight is 427 g/mol. The predicted molar refractivity (Wildman–Crippen MR) is 120 cm³/mol. The first-order valence-corrected chi connectivity index (χ1v) is 10.7. The summed E-state index contributed by atoms with van der Waals surface area (Å²) in [5.41, 5.74) is 4.07. The third-order valence-corrected chi connectivity index (χ3v) is 5.14. The van der Waals surface area contributed by atoms with E-state index in [4.69, 9.17) is 21.4 Å². The highest BCUT2D eigenvalue weighted by molar-refractivity contribution is 6.30. The normalized spacial score (nSPS) is 10.9. The fraction of sp³-hybridized carbons (Fsp3) is 0.333. The Kier molecular flexibility index (Phi) is 7.91. The van der Waals surface area contributed by atoms with Crippen molar-refractivity contribution in [1.29, 1.82) is 0 Å². The monoisotopic (exact) mass is 426 g/mol. The van der Waals surface area contributed by atoms with Gasteiger partial charge in [-0.05, 0) is 44.0 Å². The number of rotatable bonds is 11. The van der Waals surface area contributed by atoms with Crippen molar-refractivity contribution in [2.24, 2.45) is 0 Å². The van der Waals surface area contributed by atoms with E-state index < -0.39 is 5.97 Å². The number of hydrogen-bond acceptors (Lipinski definition) is 3. The molecular formula is C24H27ClN2O3. The van der Waals surface area contributed by atoms with E-state index in [-0.39, 0.29) is 6.42 Å². The Morgan fingerprint density at radius 2 is 1.80 bits per heavy atom. The van der Waals surface area contributed by atoms with Gasteiger partial charge in [0.15, 0.2) is 0 Å². The number of ether oxygens (including phenoxy) is 1. The SMILES string of the molecule is Cc1ccc(-n2c(-c3cccc(Cl)c3)cnc2OCCCCCCCC(=O)O)cc1. The number of hydrogen-bond donors (Lipinski definition) is 1. The van der Waals surface area contributed by atoms with Gasteiger partial charge in [0.1, 0.15) is 0 Å². The van der Waals surface area contributed by atoms with Crippen LogP contribution in [0.4, 0.5) is 0 Å². The zero-order valence-corrected chi connectivity index (χ0v) is 17.9. The number of benzene rings is 2. The number of aromatic nitrogens is 2. The lowest BCUT2D eigenvalue weighted by molar-refractivity contribution is -0.137. The molecule has 0 spiro atoms. The van der Waals surface area contributed by atoms with E-state index in [9.17, 15) is 4.79 Å². The fourth-order valence-corrected chi connectivity index (χ4v) is 3.49. The van der Waals surface area contributed by atoms with E-state index in [2.05, 4.69) is 36.2 Å². The van der Waals surface area contributed by atoms with Crippen LogP contribution in [0.25, 0.3) is 16.9 Å². The second-order valence-electron chi connectivity index (χ2n) is 7.37. The Morgan fingerprint density at radius 3 is 2.53 bits per heavy atom. The Balaban J connectivity index is 1.68. The summed E-state index contributed by atoms with van der Waals surface area (Å²) in [6.07, 6.45) is 6.65. The van der Waals surface area contributed by atoms with Crippen molar-refractivity contribution in [3.8, 4) is 23.0 Å². The minimum Gasteiger partial charge on any atom is -0.481 e. The molecule has 3 rings (SSSR count). The van der Waals surface area contributed by atoms with E-state index in [1.54, 1.807) is 0 Å². The number of unbranched alkanes of at least 4 members (excludes halogenated alkanes) is 4. The van der Waals surface area contributed by atoms with Gasteiger partial charge < -0.3 is 9.84 Å². The van der Waals surface area contributed by atoms with E-state index in [0.717, 1.165) is 49.0 Å². The molecule has 0 saturated carbocycles. The number of aliphatic carboxylic acids is 1. The summed E-state index contributed by atoms with van der Waals surface area (Å²) < 4.78 is 8.04. The molecule has 2 aromatic carbocycles. The van der Waals surface area contributed by atoms with Gasteiger partial charge in [0.05, 0.1) is 24.2 Å². The van der Waals surface area contributed by atoms with Crippen LogP contribution in [0.2, 0.25) is 5.02 Å². The first-order chi connectivity index (χ1) is 14.5. The van der Waals surface area contributed by atoms with Crippen LogP contribution in [0.15, 0.2) is 54.7 Å². The zero-order valence-electron chi connectivity index (χ0n) is 17.2. The summed E-state index contributed by atoms with van der Waals surface area (Å²) >= 11 is 6.20. The summed E-state index contributed by atoms with van der Waals surface area (Å²) in [7, 11) is 0. The molecule has 6 heteroatoms. The maximum Gasteiger partial charge on any atom is 0.303 e. The van der Waals surface area contributed by atoms with Crippen LogP contribution in [0.1, 0.15) is 44.1 Å². The van der Waals surface area contributed by atoms with E-state index in [1.165, 1.54) is 5.56 Å². The van der Waals surface area contributed by atoms with Crippen LogP contribution < -0.4 is 4.74 Å². The quantitative estimate of drug-likeness (QED) is 0.365. The number of halogens is 1. The molecule has 0 atom stereocenters. The molecule has 0 unspecified atom stereocenters. The lowest BCUT2D eigenvalue weighted by Crippen LogP contribution is -2.05. The van der Waals surface area contributed by atoms with Crippen molar-refractivity contribution in [2.75, 3.05) is 6.61 Å². The number of imidazole rings is 1. The largest absolute Gasteiger partial charge is 0.481 e. The Hall–Kier alpha value is -2.79. The van der Waals surface area contributed by atoms with E-state index in [0.29, 0.717) is 17.6 Å². The number of carbonyl (C=O) groups is 1. The second kappa shape index (κ2) is 10.8. The van der Waals surface area contributed by atoms with Crippen LogP contribution in [0.5, 0.6) is 6.01 Å². The topological polar surface area (TPSA) is 64.4 Å². The van der Waals surface area contributed by atoms with Crippen LogP contribution in [-0.2, 0) is 4.79 Å². The Labute approximate surface area is 182 Å². The van der Waals surface area contributed by atoms with E-state index >= 15 is 0 Å². The third kappa shape index (κ3) is 6.10. The summed E-state index contributed by atoms with van der Waals surface area (Å²) in [5.74, 6) is -0.725. The van der Waals surface area contributed by atoms with Gasteiger partial charge in [0, 0.05) is 17.0 Å². The molecule has 3 aromatic rings. The molecule has 0 aliphatic heterocycles. The molecule has 0 fully saturated rings. The lowest BCUT2D eigenvalue weighted by atomic mass is 10.1. The maximum atomic E-state index is 10.5. The molecule has 1 N–H and O–H groups in total. The van der Waals surface area contributed by atoms with Crippen molar-refractivity contribution >= 4 is 17.6 Å². The zero-order chi connectivity index (χ0) is 21.3. The first-order valence-electron chi connectivity index (χ1n) is 10.3. The first kappa shape index (κ1) is 21.9. The van der Waals surface area contributed by atoms with Gasteiger partial charge in [-0.1, -0.05) is 60.7 Å². The highest BCUT2D eigenvalue weighted by Crippen LogP contribution is 2.30. The highest BCUT2D eigenvalue weighted by Gasteiger charge is 2.15. The molecule has 158 valence electrons. The van der Waals surface area contributed by atoms with Gasteiger partial charge >= 0.3 is 12.0 Å². The van der Waals surface area contributed by atoms with Crippen molar-refractivity contribution in [2.45, 2.75) is 45.4 Å². The molecule has 0 radical (unpaired) electrons. The van der Waals surface area contributed by atoms with Gasteiger partial charge in [0.25, 0.3) is 0 Å². The molecule has 0 aliphatic carbocycles. The number of carboxylic acid groups (broad SMARTS) is 1. The molecule has 0 bridgehead atoms. The summed E-state index contributed by atoms with van der Waals surface area (Å²) in [6, 6.07) is 16.5. The molecular weight excluding hydrogens is 400 g/mol. The smallest absolute Gasteiger partial charge is 0.303 e. The van der Waals surface area contributed by atoms with Crippen molar-refractivity contribution in [1.82, 2.24) is 9.55 Å². The number of carboxylic acids is 1. The summed E-state index contributed by atoms with van der Waals surface area (Å²) in [6.45, 7) is 2.63. The minimum absolute atomic E-state index is 0.247. The molecule has 0 amide bonds. The molecule has 0 saturated heterocycles. The van der Waals surface area contributed by atoms with Gasteiger partial charge in [-0.25, -0.2) is 4.98 Å². The average Bonchev–Trinajstić information content (AvgIpc) is 3.14. The van der Waals surface area contributed by atoms with Crippen molar-refractivity contribution in [3.63, 3.8) is 0 Å². The van der Waals surface area contributed by atoms with Crippen LogP contribution >= 0.6 is 11.6 Å². The van der Waals surface area contributed by atoms with Crippen LogP contribution in [0, 0.1) is 6.92 Å². The van der Waals surface area contributed by atoms with Crippen LogP contribution in [-0.4, -0.2) is 27.2 Å². The minimum atomic E-state index is -0.725. The van der Waals surface area contributed by atoms with Crippen molar-refractivity contribution < 1.29 is 14.6 Å².